The lowest BCUT2D eigenvalue weighted by atomic mass is 10.1. The maximum Gasteiger partial charge on any atom is 0.343 e. The molecule has 4 aromatic rings. The van der Waals surface area contributed by atoms with E-state index in [1.165, 1.54) is 28.6 Å². The number of anilines is 1. The Morgan fingerprint density at radius 3 is 2.75 bits per heavy atom. The van der Waals surface area contributed by atoms with E-state index in [2.05, 4.69) is 20.5 Å². The summed E-state index contributed by atoms with van der Waals surface area (Å²) in [6.07, 6.45) is 4.21. The number of carbonyl (C=O) groups is 3. The second-order valence-electron chi connectivity index (χ2n) is 6.75. The quantitative estimate of drug-likeness (QED) is 0.440. The minimum atomic E-state index is -1.24. The number of aromatic carboxylic acids is 1. The zero-order valence-corrected chi connectivity index (χ0v) is 17.1. The molecule has 1 aromatic carbocycles. The Hall–Kier alpha value is -4.54. The van der Waals surface area contributed by atoms with Crippen LogP contribution in [0.4, 0.5) is 5.69 Å². The lowest BCUT2D eigenvalue weighted by Gasteiger charge is -2.09. The third-order valence-electron chi connectivity index (χ3n) is 4.59. The number of carbonyl (C=O) groups excluding carboxylic acids is 2. The van der Waals surface area contributed by atoms with Crippen LogP contribution in [0, 0.1) is 0 Å². The van der Waals surface area contributed by atoms with Crippen LogP contribution in [0.1, 0.15) is 38.1 Å². The molecule has 0 bridgehead atoms. The van der Waals surface area contributed by atoms with E-state index in [1.54, 1.807) is 43.5 Å². The van der Waals surface area contributed by atoms with Crippen LogP contribution in [0.3, 0.4) is 0 Å². The van der Waals surface area contributed by atoms with E-state index in [4.69, 9.17) is 4.74 Å². The standard InChI is InChI=1S/C21H18N6O5/c1-3-32-21(31)14-10-23-27-16(7-8-22-18(14)27)12-5-4-6-13(9-12)24-19(28)17-15(20(29)30)11-26(2)25-17/h4-11H,3H2,1-2H3,(H,24,28)(H,29,30). The number of nitrogens with zero attached hydrogens (tertiary/aromatic N) is 5. The molecule has 0 aliphatic rings. The first-order valence-electron chi connectivity index (χ1n) is 9.57. The molecule has 4 rings (SSSR count). The Balaban J connectivity index is 1.67. The number of carboxylic acid groups (broad SMARTS) is 1. The molecule has 11 heteroatoms. The number of ether oxygens (including phenoxy) is 1. The SMILES string of the molecule is CCOC(=O)c1cnn2c(-c3cccc(NC(=O)c4nn(C)cc4C(=O)O)c3)ccnc12. The van der Waals surface area contributed by atoms with Crippen LogP contribution in [-0.2, 0) is 11.8 Å². The minimum absolute atomic E-state index is 0.192. The number of rotatable bonds is 6. The van der Waals surface area contributed by atoms with Crippen molar-refractivity contribution < 1.29 is 24.2 Å². The molecule has 162 valence electrons. The molecule has 0 radical (unpaired) electrons. The van der Waals surface area contributed by atoms with Crippen LogP contribution in [0.5, 0.6) is 0 Å². The predicted octanol–water partition coefficient (Wildman–Crippen LogP) is 2.26. The lowest BCUT2D eigenvalue weighted by molar-refractivity contribution is 0.0527. The number of aryl methyl sites for hydroxylation is 1. The maximum absolute atomic E-state index is 12.6. The summed E-state index contributed by atoms with van der Waals surface area (Å²) in [4.78, 5) is 40.4. The van der Waals surface area contributed by atoms with Crippen molar-refractivity contribution in [1.29, 1.82) is 0 Å². The lowest BCUT2D eigenvalue weighted by Crippen LogP contribution is -2.16. The van der Waals surface area contributed by atoms with Gasteiger partial charge < -0.3 is 15.2 Å². The van der Waals surface area contributed by atoms with Crippen molar-refractivity contribution in [2.75, 3.05) is 11.9 Å². The number of amides is 1. The highest BCUT2D eigenvalue weighted by Gasteiger charge is 2.21. The molecule has 3 heterocycles. The van der Waals surface area contributed by atoms with Gasteiger partial charge >= 0.3 is 11.9 Å². The van der Waals surface area contributed by atoms with E-state index in [1.807, 2.05) is 0 Å². The first kappa shape index (κ1) is 20.7. The fourth-order valence-corrected chi connectivity index (χ4v) is 3.22. The molecular weight excluding hydrogens is 416 g/mol. The predicted molar refractivity (Wildman–Crippen MR) is 113 cm³/mol. The zero-order chi connectivity index (χ0) is 22.8. The Morgan fingerprint density at radius 2 is 2.00 bits per heavy atom. The maximum atomic E-state index is 12.6. The topological polar surface area (TPSA) is 141 Å². The second kappa shape index (κ2) is 8.30. The molecule has 0 saturated carbocycles. The number of aromatic nitrogens is 5. The average Bonchev–Trinajstić information content (AvgIpc) is 3.38. The number of benzene rings is 1. The van der Waals surface area contributed by atoms with E-state index in [0.29, 0.717) is 22.6 Å². The fraction of sp³-hybridized carbons (Fsp3) is 0.143. The molecular formula is C21H18N6O5. The first-order valence-corrected chi connectivity index (χ1v) is 9.57. The van der Waals surface area contributed by atoms with Gasteiger partial charge in [-0.15, -0.1) is 0 Å². The van der Waals surface area contributed by atoms with E-state index >= 15 is 0 Å². The Bertz CT molecular complexity index is 1360. The highest BCUT2D eigenvalue weighted by atomic mass is 16.5. The van der Waals surface area contributed by atoms with Gasteiger partial charge in [0.15, 0.2) is 11.3 Å². The third-order valence-corrected chi connectivity index (χ3v) is 4.59. The highest BCUT2D eigenvalue weighted by molar-refractivity contribution is 6.09. The van der Waals surface area contributed by atoms with E-state index in [0.717, 1.165) is 0 Å². The van der Waals surface area contributed by atoms with Gasteiger partial charge in [-0.3, -0.25) is 9.48 Å². The number of hydrogen-bond donors (Lipinski definition) is 2. The summed E-state index contributed by atoms with van der Waals surface area (Å²) in [6, 6.07) is 8.61. The Kier molecular flexibility index (Phi) is 5.37. The molecule has 0 spiro atoms. The van der Waals surface area contributed by atoms with Crippen LogP contribution >= 0.6 is 0 Å². The van der Waals surface area contributed by atoms with Gasteiger partial charge in [0.25, 0.3) is 5.91 Å². The van der Waals surface area contributed by atoms with Crippen LogP contribution in [0.2, 0.25) is 0 Å². The number of carboxylic acids is 1. The van der Waals surface area contributed by atoms with Gasteiger partial charge in [0.2, 0.25) is 0 Å². The number of hydrogen-bond acceptors (Lipinski definition) is 7. The molecule has 11 nitrogen and oxygen atoms in total. The third kappa shape index (κ3) is 3.78. The van der Waals surface area contributed by atoms with Gasteiger partial charge in [0.1, 0.15) is 11.1 Å². The molecule has 0 aliphatic heterocycles. The van der Waals surface area contributed by atoms with Crippen molar-refractivity contribution >= 4 is 29.2 Å². The minimum Gasteiger partial charge on any atom is -0.478 e. The average molecular weight is 434 g/mol. The molecule has 1 amide bonds. The van der Waals surface area contributed by atoms with Gasteiger partial charge in [-0.25, -0.2) is 19.1 Å². The molecule has 0 unspecified atom stereocenters. The zero-order valence-electron chi connectivity index (χ0n) is 17.1. The summed E-state index contributed by atoms with van der Waals surface area (Å²) in [5.74, 6) is -2.41. The van der Waals surface area contributed by atoms with E-state index < -0.39 is 17.8 Å². The largest absolute Gasteiger partial charge is 0.478 e. The highest BCUT2D eigenvalue weighted by Crippen LogP contribution is 2.24. The van der Waals surface area contributed by atoms with Crippen molar-refractivity contribution in [3.8, 4) is 11.3 Å². The van der Waals surface area contributed by atoms with Crippen molar-refractivity contribution in [2.45, 2.75) is 6.92 Å². The number of nitrogens with one attached hydrogen (secondary N) is 1. The summed E-state index contributed by atoms with van der Waals surface area (Å²) >= 11 is 0. The summed E-state index contributed by atoms with van der Waals surface area (Å²) in [5, 5.41) is 20.1. The van der Waals surface area contributed by atoms with Crippen LogP contribution in [0.25, 0.3) is 16.9 Å². The normalized spacial score (nSPS) is 10.8. The van der Waals surface area contributed by atoms with Crippen LogP contribution in [-0.4, -0.2) is 53.9 Å². The van der Waals surface area contributed by atoms with Gasteiger partial charge in [0, 0.05) is 30.7 Å². The van der Waals surface area contributed by atoms with Gasteiger partial charge in [-0.05, 0) is 25.1 Å². The molecule has 2 N–H and O–H groups in total. The number of fused-ring (bicyclic) bond motifs is 1. The van der Waals surface area contributed by atoms with Gasteiger partial charge in [-0.2, -0.15) is 10.2 Å². The van der Waals surface area contributed by atoms with Crippen molar-refractivity contribution in [3.05, 3.63) is 65.7 Å². The Labute approximate surface area is 181 Å². The summed E-state index contributed by atoms with van der Waals surface area (Å²) in [7, 11) is 1.53. The summed E-state index contributed by atoms with van der Waals surface area (Å²) in [5.41, 5.74) is 1.95. The van der Waals surface area contributed by atoms with Crippen molar-refractivity contribution in [3.63, 3.8) is 0 Å². The van der Waals surface area contributed by atoms with Gasteiger partial charge in [0.05, 0.1) is 18.5 Å². The molecule has 32 heavy (non-hydrogen) atoms. The summed E-state index contributed by atoms with van der Waals surface area (Å²) in [6.45, 7) is 1.95. The molecule has 0 aliphatic carbocycles. The van der Waals surface area contributed by atoms with E-state index in [9.17, 15) is 19.5 Å². The van der Waals surface area contributed by atoms with Crippen LogP contribution < -0.4 is 5.32 Å². The monoisotopic (exact) mass is 434 g/mol. The smallest absolute Gasteiger partial charge is 0.343 e. The second-order valence-corrected chi connectivity index (χ2v) is 6.75. The fourth-order valence-electron chi connectivity index (χ4n) is 3.22. The summed E-state index contributed by atoms with van der Waals surface area (Å²) < 4.78 is 7.82. The van der Waals surface area contributed by atoms with Crippen molar-refractivity contribution in [2.24, 2.45) is 7.05 Å². The first-order chi connectivity index (χ1) is 15.4. The number of esters is 1. The molecule has 0 saturated heterocycles. The molecule has 3 aromatic heterocycles. The molecule has 0 atom stereocenters. The molecule has 0 fully saturated rings. The van der Waals surface area contributed by atoms with Gasteiger partial charge in [-0.1, -0.05) is 12.1 Å². The van der Waals surface area contributed by atoms with Crippen molar-refractivity contribution in [1.82, 2.24) is 24.4 Å². The van der Waals surface area contributed by atoms with E-state index in [-0.39, 0.29) is 23.4 Å². The Morgan fingerprint density at radius 1 is 1.19 bits per heavy atom. The van der Waals surface area contributed by atoms with Crippen LogP contribution in [0.15, 0.2) is 48.9 Å².